The number of aromatic nitrogens is 1. The molecule has 0 unspecified atom stereocenters. The minimum Gasteiger partial charge on any atom is -0.384 e. The van der Waals surface area contributed by atoms with Gasteiger partial charge in [0.15, 0.2) is 0 Å². The second kappa shape index (κ2) is 5.42. The van der Waals surface area contributed by atoms with E-state index in [0.717, 1.165) is 10.5 Å². The number of nitrogens with two attached hydrogens (primary N) is 1. The van der Waals surface area contributed by atoms with Crippen LogP contribution in [0.5, 0.6) is 0 Å². The Balaban J connectivity index is 2.39. The molecule has 0 atom stereocenters. The Bertz CT molecular complexity index is 599. The molecule has 0 amide bonds. The number of nitrogen functional groups attached to an aromatic ring is 1. The molecule has 0 fully saturated rings. The second-order valence-electron chi connectivity index (χ2n) is 3.76. The molecule has 0 radical (unpaired) electrons. The molecule has 0 saturated carbocycles. The van der Waals surface area contributed by atoms with Crippen LogP contribution in [0.2, 0.25) is 5.02 Å². The smallest absolute Gasteiger partial charge is 0.124 e. The Kier molecular flexibility index (Phi) is 3.89. The number of hydrogen-bond donors (Lipinski definition) is 2. The zero-order valence-corrected chi connectivity index (χ0v) is 11.3. The van der Waals surface area contributed by atoms with E-state index in [1.54, 1.807) is 12.3 Å². The van der Waals surface area contributed by atoms with Crippen LogP contribution in [0.15, 0.2) is 46.5 Å². The summed E-state index contributed by atoms with van der Waals surface area (Å²) >= 11 is 7.68. The highest BCUT2D eigenvalue weighted by Gasteiger charge is 2.11. The molecule has 18 heavy (non-hydrogen) atoms. The number of amidine groups is 1. The zero-order valence-electron chi connectivity index (χ0n) is 9.77. The highest BCUT2D eigenvalue weighted by Crippen LogP contribution is 2.34. The molecule has 92 valence electrons. The lowest BCUT2D eigenvalue weighted by Gasteiger charge is -2.08. The first-order valence-corrected chi connectivity index (χ1v) is 6.51. The van der Waals surface area contributed by atoms with Crippen LogP contribution >= 0.6 is 23.4 Å². The molecule has 0 saturated heterocycles. The van der Waals surface area contributed by atoms with Crippen molar-refractivity contribution >= 4 is 29.2 Å². The first kappa shape index (κ1) is 12.9. The van der Waals surface area contributed by atoms with Gasteiger partial charge in [-0.3, -0.25) is 5.41 Å². The fourth-order valence-corrected chi connectivity index (χ4v) is 2.71. The van der Waals surface area contributed by atoms with Gasteiger partial charge < -0.3 is 5.73 Å². The minimum atomic E-state index is -0.0472. The lowest BCUT2D eigenvalue weighted by atomic mass is 10.2. The van der Waals surface area contributed by atoms with Crippen LogP contribution in [0.25, 0.3) is 0 Å². The number of hydrogen-bond acceptors (Lipinski definition) is 3. The Morgan fingerprint density at radius 3 is 2.72 bits per heavy atom. The van der Waals surface area contributed by atoms with Gasteiger partial charge in [-0.05, 0) is 24.6 Å². The van der Waals surface area contributed by atoms with Crippen molar-refractivity contribution in [3.05, 3.63) is 52.7 Å². The van der Waals surface area contributed by atoms with E-state index >= 15 is 0 Å². The van der Waals surface area contributed by atoms with Crippen molar-refractivity contribution < 1.29 is 0 Å². The average molecular weight is 278 g/mol. The summed E-state index contributed by atoms with van der Waals surface area (Å²) in [6, 6.07) is 9.65. The zero-order chi connectivity index (χ0) is 13.1. The molecule has 5 heteroatoms. The van der Waals surface area contributed by atoms with Gasteiger partial charge in [-0.2, -0.15) is 0 Å². The van der Waals surface area contributed by atoms with Crippen molar-refractivity contribution in [1.29, 1.82) is 5.41 Å². The van der Waals surface area contributed by atoms with Crippen molar-refractivity contribution in [3.8, 4) is 0 Å². The summed E-state index contributed by atoms with van der Waals surface area (Å²) in [5.41, 5.74) is 7.15. The van der Waals surface area contributed by atoms with Gasteiger partial charge in [0.2, 0.25) is 0 Å². The minimum absolute atomic E-state index is 0.0472. The Labute approximate surface area is 115 Å². The second-order valence-corrected chi connectivity index (χ2v) is 5.17. The largest absolute Gasteiger partial charge is 0.384 e. The quantitative estimate of drug-likeness (QED) is 0.667. The first-order chi connectivity index (χ1) is 8.59. The van der Waals surface area contributed by atoms with E-state index in [9.17, 15) is 0 Å². The highest BCUT2D eigenvalue weighted by molar-refractivity contribution is 7.99. The summed E-state index contributed by atoms with van der Waals surface area (Å²) in [7, 11) is 0. The van der Waals surface area contributed by atoms with Gasteiger partial charge >= 0.3 is 0 Å². The molecule has 1 aromatic carbocycles. The third-order valence-corrected chi connectivity index (χ3v) is 4.12. The molecule has 1 heterocycles. The van der Waals surface area contributed by atoms with Crippen LogP contribution in [-0.4, -0.2) is 10.8 Å². The van der Waals surface area contributed by atoms with Crippen LogP contribution in [0.4, 0.5) is 0 Å². The van der Waals surface area contributed by atoms with Gasteiger partial charge in [0.1, 0.15) is 10.9 Å². The Morgan fingerprint density at radius 1 is 1.33 bits per heavy atom. The molecular formula is C13H12ClN3S. The maximum absolute atomic E-state index is 7.45. The molecule has 0 aliphatic carbocycles. The lowest BCUT2D eigenvalue weighted by molar-refractivity contribution is 1.12. The van der Waals surface area contributed by atoms with Crippen molar-refractivity contribution in [2.75, 3.05) is 0 Å². The summed E-state index contributed by atoms with van der Waals surface area (Å²) in [6.07, 6.45) is 1.61. The van der Waals surface area contributed by atoms with Gasteiger partial charge in [0.05, 0.1) is 5.02 Å². The number of nitrogens with zero attached hydrogens (tertiary/aromatic N) is 1. The number of aryl methyl sites for hydroxylation is 1. The summed E-state index contributed by atoms with van der Waals surface area (Å²) in [5, 5.41) is 8.55. The molecular weight excluding hydrogens is 266 g/mol. The number of rotatable bonds is 3. The molecule has 3 nitrogen and oxygen atoms in total. The van der Waals surface area contributed by atoms with E-state index in [1.165, 1.54) is 11.8 Å². The topological polar surface area (TPSA) is 62.8 Å². The monoisotopic (exact) mass is 277 g/mol. The van der Waals surface area contributed by atoms with E-state index in [0.29, 0.717) is 15.6 Å². The van der Waals surface area contributed by atoms with Crippen LogP contribution in [0.3, 0.4) is 0 Å². The predicted molar refractivity (Wildman–Crippen MR) is 75.6 cm³/mol. The maximum Gasteiger partial charge on any atom is 0.124 e. The SMILES string of the molecule is Cc1ccccc1Sc1nccc(C(=N)N)c1Cl. The van der Waals surface area contributed by atoms with Crippen LogP contribution in [-0.2, 0) is 0 Å². The van der Waals surface area contributed by atoms with Crippen molar-refractivity contribution in [2.45, 2.75) is 16.8 Å². The fraction of sp³-hybridized carbons (Fsp3) is 0.0769. The maximum atomic E-state index is 7.45. The fourth-order valence-electron chi connectivity index (χ4n) is 1.48. The van der Waals surface area contributed by atoms with Gasteiger partial charge in [-0.15, -0.1) is 0 Å². The van der Waals surface area contributed by atoms with E-state index in [-0.39, 0.29) is 5.84 Å². The Morgan fingerprint density at radius 2 is 2.06 bits per heavy atom. The summed E-state index contributed by atoms with van der Waals surface area (Å²) in [5.74, 6) is -0.0472. The summed E-state index contributed by atoms with van der Waals surface area (Å²) in [4.78, 5) is 5.33. The third-order valence-electron chi connectivity index (χ3n) is 2.45. The number of benzene rings is 1. The van der Waals surface area contributed by atoms with Gasteiger partial charge in [0.25, 0.3) is 0 Å². The standard InChI is InChI=1S/C13H12ClN3S/c1-8-4-2-3-5-10(8)18-13-11(14)9(12(15)16)6-7-17-13/h2-7H,1H3,(H3,15,16). The third kappa shape index (κ3) is 2.66. The van der Waals surface area contributed by atoms with Gasteiger partial charge in [-0.1, -0.05) is 41.6 Å². The van der Waals surface area contributed by atoms with Crippen molar-refractivity contribution in [2.24, 2.45) is 5.73 Å². The van der Waals surface area contributed by atoms with Crippen LogP contribution in [0, 0.1) is 12.3 Å². The van der Waals surface area contributed by atoms with Gasteiger partial charge in [-0.25, -0.2) is 4.98 Å². The number of halogens is 1. The van der Waals surface area contributed by atoms with E-state index in [2.05, 4.69) is 4.98 Å². The van der Waals surface area contributed by atoms with Gasteiger partial charge in [0, 0.05) is 16.7 Å². The molecule has 3 N–H and O–H groups in total. The predicted octanol–water partition coefficient (Wildman–Crippen LogP) is 3.48. The first-order valence-electron chi connectivity index (χ1n) is 5.32. The van der Waals surface area contributed by atoms with Crippen molar-refractivity contribution in [3.63, 3.8) is 0 Å². The van der Waals surface area contributed by atoms with Crippen LogP contribution < -0.4 is 5.73 Å². The summed E-state index contributed by atoms with van der Waals surface area (Å²) in [6.45, 7) is 2.03. The average Bonchev–Trinajstić information content (AvgIpc) is 2.34. The van der Waals surface area contributed by atoms with E-state index < -0.39 is 0 Å². The molecule has 0 spiro atoms. The van der Waals surface area contributed by atoms with Crippen molar-refractivity contribution in [1.82, 2.24) is 4.98 Å². The Hall–Kier alpha value is -1.52. The highest BCUT2D eigenvalue weighted by atomic mass is 35.5. The molecule has 2 rings (SSSR count). The normalized spacial score (nSPS) is 10.3. The number of nitrogens with one attached hydrogen (secondary N) is 1. The summed E-state index contributed by atoms with van der Waals surface area (Å²) < 4.78 is 0. The van der Waals surface area contributed by atoms with Crippen LogP contribution in [0.1, 0.15) is 11.1 Å². The number of pyridine rings is 1. The molecule has 1 aromatic heterocycles. The van der Waals surface area contributed by atoms with E-state index in [4.69, 9.17) is 22.7 Å². The molecule has 2 aromatic rings. The molecule has 0 bridgehead atoms. The molecule has 0 aliphatic heterocycles. The lowest BCUT2D eigenvalue weighted by Crippen LogP contribution is -2.12. The molecule has 0 aliphatic rings. The van der Waals surface area contributed by atoms with E-state index in [1.807, 2.05) is 31.2 Å².